The van der Waals surface area contributed by atoms with Crippen LogP contribution >= 0.6 is 11.6 Å². The number of fused-ring (bicyclic) bond motifs is 1. The minimum atomic E-state index is -0.490. The molecular formula is C27H29ClFN3O3. The molecule has 1 saturated heterocycles. The van der Waals surface area contributed by atoms with Gasteiger partial charge >= 0.3 is 0 Å². The fourth-order valence-corrected chi connectivity index (χ4v) is 5.94. The molecule has 2 unspecified atom stereocenters. The van der Waals surface area contributed by atoms with Crippen LogP contribution in [0.25, 0.3) is 0 Å². The van der Waals surface area contributed by atoms with Gasteiger partial charge in [-0.2, -0.15) is 0 Å². The van der Waals surface area contributed by atoms with Gasteiger partial charge in [0.1, 0.15) is 5.82 Å². The molecule has 1 saturated carbocycles. The molecule has 0 aromatic heterocycles. The second-order valence-electron chi connectivity index (χ2n) is 9.61. The highest BCUT2D eigenvalue weighted by atomic mass is 35.5. The van der Waals surface area contributed by atoms with Crippen LogP contribution < -0.4 is 4.90 Å². The molecule has 0 spiro atoms. The third kappa shape index (κ3) is 4.66. The van der Waals surface area contributed by atoms with E-state index < -0.39 is 5.82 Å². The van der Waals surface area contributed by atoms with Crippen molar-refractivity contribution in [2.75, 3.05) is 37.6 Å². The van der Waals surface area contributed by atoms with Crippen molar-refractivity contribution in [3.63, 3.8) is 0 Å². The summed E-state index contributed by atoms with van der Waals surface area (Å²) in [5.74, 6) is -1.30. The summed E-state index contributed by atoms with van der Waals surface area (Å²) in [5, 5.41) is 0.0838. The maximum atomic E-state index is 13.6. The molecule has 5 rings (SSSR count). The summed E-state index contributed by atoms with van der Waals surface area (Å²) in [4.78, 5) is 45.3. The minimum absolute atomic E-state index is 0.0162. The molecule has 3 amide bonds. The van der Waals surface area contributed by atoms with Gasteiger partial charge in [-0.3, -0.25) is 14.4 Å². The number of carbonyl (C=O) groups excluding carboxylic acids is 3. The summed E-state index contributed by atoms with van der Waals surface area (Å²) in [7, 11) is 0. The SMILES string of the molecule is O=C(c1ccc(F)cc1Cl)N1CCN(C(=O)C2CCCCC2C(=O)N2CCc3ccccc32)CC1. The number of rotatable bonds is 3. The number of anilines is 1. The van der Waals surface area contributed by atoms with Gasteiger partial charge in [-0.05, 0) is 49.1 Å². The quantitative estimate of drug-likeness (QED) is 0.639. The summed E-state index contributed by atoms with van der Waals surface area (Å²) in [6.45, 7) is 2.25. The molecule has 0 N–H and O–H groups in total. The second-order valence-corrected chi connectivity index (χ2v) is 10.0. The number of nitrogens with zero attached hydrogens (tertiary/aromatic N) is 3. The van der Waals surface area contributed by atoms with Crippen LogP contribution in [-0.2, 0) is 16.0 Å². The van der Waals surface area contributed by atoms with E-state index in [0.29, 0.717) is 32.7 Å². The van der Waals surface area contributed by atoms with Crippen LogP contribution in [0.3, 0.4) is 0 Å². The molecule has 2 aromatic rings. The fourth-order valence-electron chi connectivity index (χ4n) is 5.69. The van der Waals surface area contributed by atoms with Crippen molar-refractivity contribution in [1.29, 1.82) is 0 Å². The Morgan fingerprint density at radius 2 is 1.49 bits per heavy atom. The number of carbonyl (C=O) groups is 3. The lowest BCUT2D eigenvalue weighted by atomic mass is 9.77. The maximum Gasteiger partial charge on any atom is 0.255 e. The lowest BCUT2D eigenvalue weighted by Gasteiger charge is -2.39. The Balaban J connectivity index is 1.24. The summed E-state index contributed by atoms with van der Waals surface area (Å²) in [6, 6.07) is 11.7. The molecule has 2 atom stereocenters. The summed E-state index contributed by atoms with van der Waals surface area (Å²) >= 11 is 6.07. The fraction of sp³-hybridized carbons (Fsp3) is 0.444. The first-order valence-electron chi connectivity index (χ1n) is 12.4. The van der Waals surface area contributed by atoms with E-state index >= 15 is 0 Å². The maximum absolute atomic E-state index is 13.6. The van der Waals surface area contributed by atoms with Crippen molar-refractivity contribution in [3.8, 4) is 0 Å². The monoisotopic (exact) mass is 497 g/mol. The number of halogens is 2. The summed E-state index contributed by atoms with van der Waals surface area (Å²) in [5.41, 5.74) is 2.42. The van der Waals surface area contributed by atoms with Gasteiger partial charge in [0.25, 0.3) is 5.91 Å². The van der Waals surface area contributed by atoms with Gasteiger partial charge in [0.2, 0.25) is 11.8 Å². The third-order valence-corrected chi connectivity index (χ3v) is 7.91. The van der Waals surface area contributed by atoms with Crippen LogP contribution in [0, 0.1) is 17.7 Å². The molecule has 6 nitrogen and oxygen atoms in total. The Hall–Kier alpha value is -2.93. The van der Waals surface area contributed by atoms with E-state index in [0.717, 1.165) is 43.9 Å². The van der Waals surface area contributed by atoms with E-state index in [1.54, 1.807) is 9.80 Å². The Morgan fingerprint density at radius 1 is 0.829 bits per heavy atom. The van der Waals surface area contributed by atoms with E-state index in [1.165, 1.54) is 17.7 Å². The minimum Gasteiger partial charge on any atom is -0.339 e. The Morgan fingerprint density at radius 3 is 2.20 bits per heavy atom. The van der Waals surface area contributed by atoms with Gasteiger partial charge in [0, 0.05) is 44.3 Å². The van der Waals surface area contributed by atoms with Crippen LogP contribution in [0.2, 0.25) is 5.02 Å². The van der Waals surface area contributed by atoms with Crippen LogP contribution in [-0.4, -0.2) is 60.2 Å². The van der Waals surface area contributed by atoms with Crippen LogP contribution in [0.4, 0.5) is 10.1 Å². The molecule has 2 aromatic carbocycles. The largest absolute Gasteiger partial charge is 0.339 e. The Labute approximate surface area is 209 Å². The zero-order valence-corrected chi connectivity index (χ0v) is 20.3. The van der Waals surface area contributed by atoms with Gasteiger partial charge < -0.3 is 14.7 Å². The third-order valence-electron chi connectivity index (χ3n) is 7.59. The van der Waals surface area contributed by atoms with Crippen molar-refractivity contribution in [3.05, 3.63) is 64.4 Å². The van der Waals surface area contributed by atoms with Crippen LogP contribution in [0.15, 0.2) is 42.5 Å². The molecule has 2 heterocycles. The smallest absolute Gasteiger partial charge is 0.255 e. The molecule has 2 aliphatic heterocycles. The summed E-state index contributed by atoms with van der Waals surface area (Å²) in [6.07, 6.45) is 4.19. The van der Waals surface area contributed by atoms with Crippen molar-refractivity contribution >= 4 is 35.0 Å². The zero-order valence-electron chi connectivity index (χ0n) is 19.6. The molecule has 3 aliphatic rings. The normalized spacial score (nSPS) is 22.2. The number of hydrogen-bond donors (Lipinski definition) is 0. The predicted molar refractivity (Wildman–Crippen MR) is 132 cm³/mol. The number of para-hydroxylation sites is 1. The first kappa shape index (κ1) is 23.8. The molecule has 1 aliphatic carbocycles. The number of hydrogen-bond acceptors (Lipinski definition) is 3. The summed E-state index contributed by atoms with van der Waals surface area (Å²) < 4.78 is 13.3. The van der Waals surface area contributed by atoms with Crippen LogP contribution in [0.5, 0.6) is 0 Å². The predicted octanol–water partition coefficient (Wildman–Crippen LogP) is 4.16. The number of benzene rings is 2. The first-order chi connectivity index (χ1) is 16.9. The molecule has 184 valence electrons. The van der Waals surface area contributed by atoms with Gasteiger partial charge in [-0.25, -0.2) is 4.39 Å². The highest BCUT2D eigenvalue weighted by molar-refractivity contribution is 6.33. The topological polar surface area (TPSA) is 60.9 Å². The molecule has 35 heavy (non-hydrogen) atoms. The second kappa shape index (κ2) is 9.97. The van der Waals surface area contributed by atoms with Crippen molar-refractivity contribution in [2.24, 2.45) is 11.8 Å². The lowest BCUT2D eigenvalue weighted by molar-refractivity contribution is -0.144. The Kier molecular flexibility index (Phi) is 6.78. The van der Waals surface area contributed by atoms with Crippen molar-refractivity contribution < 1.29 is 18.8 Å². The van der Waals surface area contributed by atoms with E-state index in [9.17, 15) is 18.8 Å². The molecular weight excluding hydrogens is 469 g/mol. The Bertz CT molecular complexity index is 1150. The van der Waals surface area contributed by atoms with Crippen molar-refractivity contribution in [1.82, 2.24) is 9.80 Å². The highest BCUT2D eigenvalue weighted by Gasteiger charge is 2.41. The lowest BCUT2D eigenvalue weighted by Crippen LogP contribution is -2.54. The van der Waals surface area contributed by atoms with Crippen molar-refractivity contribution in [2.45, 2.75) is 32.1 Å². The highest BCUT2D eigenvalue weighted by Crippen LogP contribution is 2.37. The van der Waals surface area contributed by atoms with Gasteiger partial charge in [-0.15, -0.1) is 0 Å². The molecule has 0 radical (unpaired) electrons. The van der Waals surface area contributed by atoms with Gasteiger partial charge in [0.15, 0.2) is 0 Å². The number of amides is 3. The molecule has 0 bridgehead atoms. The molecule has 2 fully saturated rings. The van der Waals surface area contributed by atoms with E-state index in [4.69, 9.17) is 11.6 Å². The van der Waals surface area contributed by atoms with Gasteiger partial charge in [0.05, 0.1) is 16.5 Å². The molecule has 8 heteroatoms. The van der Waals surface area contributed by atoms with Gasteiger partial charge in [-0.1, -0.05) is 42.6 Å². The average Bonchev–Trinajstić information content (AvgIpc) is 3.32. The van der Waals surface area contributed by atoms with Crippen LogP contribution in [0.1, 0.15) is 41.6 Å². The standard InChI is InChI=1S/C27H29ClFN3O3/c28-23-17-19(29)9-10-22(23)26(34)31-15-13-30(14-16-31)25(33)20-6-2-3-7-21(20)27(35)32-12-11-18-5-1-4-8-24(18)32/h1,4-5,8-10,17,20-21H,2-3,6-7,11-16H2. The zero-order chi connectivity index (χ0) is 24.5. The van der Waals surface area contributed by atoms with E-state index in [1.807, 2.05) is 23.1 Å². The van der Waals surface area contributed by atoms with E-state index in [-0.39, 0.29) is 40.1 Å². The number of piperazine rings is 1. The average molecular weight is 498 g/mol. The van der Waals surface area contributed by atoms with E-state index in [2.05, 4.69) is 6.07 Å². The first-order valence-corrected chi connectivity index (χ1v) is 12.7.